The molecule has 0 radical (unpaired) electrons. The Labute approximate surface area is 91.1 Å². The summed E-state index contributed by atoms with van der Waals surface area (Å²) in [6.07, 6.45) is 0. The van der Waals surface area contributed by atoms with Crippen molar-refractivity contribution in [1.82, 2.24) is 5.32 Å². The smallest absolute Gasteiger partial charge is 0.122 e. The molecule has 0 aromatic heterocycles. The highest BCUT2D eigenvalue weighted by atomic mass is 32.1. The van der Waals surface area contributed by atoms with Crippen LogP contribution in [0, 0.1) is 13.8 Å². The Bertz CT molecular complexity index is 312. The van der Waals surface area contributed by atoms with Crippen LogP contribution in [0.2, 0.25) is 0 Å². The average molecular weight is 211 g/mol. The van der Waals surface area contributed by atoms with Crippen LogP contribution in [-0.4, -0.2) is 13.0 Å². The van der Waals surface area contributed by atoms with Gasteiger partial charge in [0.25, 0.3) is 0 Å². The van der Waals surface area contributed by atoms with Gasteiger partial charge in [0.2, 0.25) is 0 Å². The van der Waals surface area contributed by atoms with E-state index in [1.54, 1.807) is 7.11 Å². The van der Waals surface area contributed by atoms with Gasteiger partial charge in [0.05, 0.1) is 7.11 Å². The van der Waals surface area contributed by atoms with Gasteiger partial charge in [0.1, 0.15) is 5.75 Å². The molecule has 0 fully saturated rings. The molecule has 3 heteroatoms. The topological polar surface area (TPSA) is 21.3 Å². The number of aryl methyl sites for hydroxylation is 2. The fourth-order valence-corrected chi connectivity index (χ4v) is 1.56. The number of methoxy groups -OCH3 is 1. The molecule has 0 unspecified atom stereocenters. The number of hydrogen-bond acceptors (Lipinski definition) is 3. The molecular formula is C11H17NOS. The van der Waals surface area contributed by atoms with Gasteiger partial charge in [-0.25, -0.2) is 0 Å². The summed E-state index contributed by atoms with van der Waals surface area (Å²) in [6.45, 7) is 5.01. The van der Waals surface area contributed by atoms with Crippen molar-refractivity contribution in [2.24, 2.45) is 0 Å². The van der Waals surface area contributed by atoms with Crippen LogP contribution in [0.4, 0.5) is 0 Å². The summed E-state index contributed by atoms with van der Waals surface area (Å²) in [7, 11) is 1.70. The van der Waals surface area contributed by atoms with Crippen LogP contribution in [0.3, 0.4) is 0 Å². The van der Waals surface area contributed by atoms with Crippen molar-refractivity contribution in [2.45, 2.75) is 20.4 Å². The van der Waals surface area contributed by atoms with E-state index in [1.807, 2.05) is 0 Å². The normalized spacial score (nSPS) is 10.3. The van der Waals surface area contributed by atoms with Gasteiger partial charge in [0, 0.05) is 12.4 Å². The van der Waals surface area contributed by atoms with Crippen molar-refractivity contribution in [1.29, 1.82) is 0 Å². The van der Waals surface area contributed by atoms with E-state index in [-0.39, 0.29) is 0 Å². The monoisotopic (exact) mass is 211 g/mol. The lowest BCUT2D eigenvalue weighted by Crippen LogP contribution is -2.11. The average Bonchev–Trinajstić information content (AvgIpc) is 2.18. The summed E-state index contributed by atoms with van der Waals surface area (Å²) in [5, 5.41) is 3.19. The molecule has 0 amide bonds. The molecule has 1 aromatic carbocycles. The Kier molecular flexibility index (Phi) is 4.29. The first-order valence-corrected chi connectivity index (χ1v) is 5.28. The van der Waals surface area contributed by atoms with Crippen LogP contribution >= 0.6 is 12.6 Å². The van der Waals surface area contributed by atoms with Crippen molar-refractivity contribution >= 4 is 12.6 Å². The van der Waals surface area contributed by atoms with Gasteiger partial charge in [-0.05, 0) is 36.6 Å². The number of ether oxygens (including phenoxy) is 1. The van der Waals surface area contributed by atoms with Crippen LogP contribution < -0.4 is 10.1 Å². The number of nitrogens with one attached hydrogen (secondary N) is 1. The Hall–Kier alpha value is -0.670. The second kappa shape index (κ2) is 5.27. The Morgan fingerprint density at radius 2 is 2.00 bits per heavy atom. The van der Waals surface area contributed by atoms with Gasteiger partial charge in [-0.1, -0.05) is 6.07 Å². The van der Waals surface area contributed by atoms with Crippen LogP contribution in [0.15, 0.2) is 12.1 Å². The molecule has 0 saturated carbocycles. The zero-order valence-electron chi connectivity index (χ0n) is 8.92. The first-order valence-electron chi connectivity index (χ1n) is 4.64. The quantitative estimate of drug-likeness (QED) is 0.589. The van der Waals surface area contributed by atoms with E-state index in [4.69, 9.17) is 4.74 Å². The van der Waals surface area contributed by atoms with Crippen LogP contribution in [0.25, 0.3) is 0 Å². The minimum absolute atomic E-state index is 0.699. The fourth-order valence-electron chi connectivity index (χ4n) is 1.45. The first-order chi connectivity index (χ1) is 6.69. The Morgan fingerprint density at radius 3 is 2.57 bits per heavy atom. The molecule has 0 bridgehead atoms. The standard InChI is InChI=1S/C11H17NOS/c1-8-5-11(13-3)9(2)4-10(8)6-12-7-14/h4-5,12,14H,6-7H2,1-3H3. The summed E-state index contributed by atoms with van der Waals surface area (Å²) in [5.74, 6) is 1.65. The predicted molar refractivity (Wildman–Crippen MR) is 63.2 cm³/mol. The zero-order valence-corrected chi connectivity index (χ0v) is 9.82. The molecule has 0 aliphatic rings. The van der Waals surface area contributed by atoms with E-state index < -0.39 is 0 Å². The van der Waals surface area contributed by atoms with E-state index in [9.17, 15) is 0 Å². The highest BCUT2D eigenvalue weighted by molar-refractivity contribution is 7.80. The summed E-state index contributed by atoms with van der Waals surface area (Å²) >= 11 is 4.11. The highest BCUT2D eigenvalue weighted by Crippen LogP contribution is 2.22. The van der Waals surface area contributed by atoms with Gasteiger partial charge in [-0.3, -0.25) is 0 Å². The second-order valence-electron chi connectivity index (χ2n) is 3.33. The fraction of sp³-hybridized carbons (Fsp3) is 0.455. The number of benzene rings is 1. The number of hydrogen-bond donors (Lipinski definition) is 2. The largest absolute Gasteiger partial charge is 0.496 e. The predicted octanol–water partition coefficient (Wildman–Crippen LogP) is 2.29. The second-order valence-corrected chi connectivity index (χ2v) is 3.65. The molecule has 0 atom stereocenters. The van der Waals surface area contributed by atoms with E-state index in [1.165, 1.54) is 16.7 Å². The van der Waals surface area contributed by atoms with Crippen molar-refractivity contribution in [3.8, 4) is 5.75 Å². The molecule has 0 aliphatic heterocycles. The van der Waals surface area contributed by atoms with Crippen molar-refractivity contribution in [2.75, 3.05) is 13.0 Å². The SMILES string of the molecule is COc1cc(C)c(CNCS)cc1C. The van der Waals surface area contributed by atoms with Crippen LogP contribution in [-0.2, 0) is 6.54 Å². The third-order valence-electron chi connectivity index (χ3n) is 2.28. The molecule has 0 saturated heterocycles. The molecule has 78 valence electrons. The Morgan fingerprint density at radius 1 is 1.29 bits per heavy atom. The molecule has 1 aromatic rings. The summed E-state index contributed by atoms with van der Waals surface area (Å²) in [5.41, 5.74) is 3.73. The molecule has 0 spiro atoms. The zero-order chi connectivity index (χ0) is 10.6. The molecule has 14 heavy (non-hydrogen) atoms. The van der Waals surface area contributed by atoms with E-state index in [2.05, 4.69) is 43.9 Å². The number of thiol groups is 1. The summed E-state index contributed by atoms with van der Waals surface area (Å²) < 4.78 is 5.25. The third-order valence-corrected chi connectivity index (χ3v) is 2.50. The molecule has 1 N–H and O–H groups in total. The highest BCUT2D eigenvalue weighted by Gasteiger charge is 2.03. The van der Waals surface area contributed by atoms with Gasteiger partial charge >= 0.3 is 0 Å². The van der Waals surface area contributed by atoms with Gasteiger partial charge in [-0.15, -0.1) is 0 Å². The first kappa shape index (κ1) is 11.4. The minimum Gasteiger partial charge on any atom is -0.496 e. The molecule has 1 rings (SSSR count). The maximum Gasteiger partial charge on any atom is 0.122 e. The van der Waals surface area contributed by atoms with Crippen LogP contribution in [0.5, 0.6) is 5.75 Å². The van der Waals surface area contributed by atoms with Crippen LogP contribution in [0.1, 0.15) is 16.7 Å². The van der Waals surface area contributed by atoms with E-state index in [0.717, 1.165) is 12.3 Å². The lowest BCUT2D eigenvalue weighted by Gasteiger charge is -2.11. The molecule has 2 nitrogen and oxygen atoms in total. The number of rotatable bonds is 4. The summed E-state index contributed by atoms with van der Waals surface area (Å²) in [6, 6.07) is 4.23. The Balaban J connectivity index is 2.90. The third kappa shape index (κ3) is 2.66. The van der Waals surface area contributed by atoms with Gasteiger partial charge in [-0.2, -0.15) is 12.6 Å². The lowest BCUT2D eigenvalue weighted by molar-refractivity contribution is 0.411. The lowest BCUT2D eigenvalue weighted by atomic mass is 10.0. The van der Waals surface area contributed by atoms with Gasteiger partial charge < -0.3 is 10.1 Å². The van der Waals surface area contributed by atoms with Gasteiger partial charge in [0.15, 0.2) is 0 Å². The molecule has 0 aliphatic carbocycles. The summed E-state index contributed by atoms with van der Waals surface area (Å²) in [4.78, 5) is 0. The van der Waals surface area contributed by atoms with E-state index in [0.29, 0.717) is 5.88 Å². The van der Waals surface area contributed by atoms with Crippen molar-refractivity contribution < 1.29 is 4.74 Å². The molecular weight excluding hydrogens is 194 g/mol. The van der Waals surface area contributed by atoms with E-state index >= 15 is 0 Å². The maximum atomic E-state index is 5.25. The van der Waals surface area contributed by atoms with Crippen molar-refractivity contribution in [3.63, 3.8) is 0 Å². The maximum absolute atomic E-state index is 5.25. The molecule has 0 heterocycles. The van der Waals surface area contributed by atoms with Crippen molar-refractivity contribution in [3.05, 3.63) is 28.8 Å². The minimum atomic E-state index is 0.699.